The summed E-state index contributed by atoms with van der Waals surface area (Å²) in [6.07, 6.45) is -0.595. The minimum Gasteiger partial charge on any atom is -0.495 e. The monoisotopic (exact) mass is 402 g/mol. The molecule has 150 valence electrons. The van der Waals surface area contributed by atoms with Crippen LogP contribution in [0, 0.1) is 0 Å². The molecule has 0 aliphatic rings. The maximum absolute atomic E-state index is 12.5. The van der Waals surface area contributed by atoms with Crippen LogP contribution >= 0.6 is 11.8 Å². The lowest BCUT2D eigenvalue weighted by molar-refractivity contribution is -0.115. The molecule has 28 heavy (non-hydrogen) atoms. The van der Waals surface area contributed by atoms with Crippen molar-refractivity contribution in [3.8, 4) is 5.75 Å². The van der Waals surface area contributed by atoms with Crippen LogP contribution in [0.4, 0.5) is 16.2 Å². The Balaban J connectivity index is 2.07. The molecule has 0 saturated carbocycles. The van der Waals surface area contributed by atoms with Crippen molar-refractivity contribution >= 4 is 35.1 Å². The first-order valence-electron chi connectivity index (χ1n) is 8.88. The first-order chi connectivity index (χ1) is 13.2. The fourth-order valence-corrected chi connectivity index (χ4v) is 3.19. The fourth-order valence-electron chi connectivity index (χ4n) is 2.30. The Morgan fingerprint density at radius 1 is 1.04 bits per heavy atom. The predicted molar refractivity (Wildman–Crippen MR) is 113 cm³/mol. The van der Waals surface area contributed by atoms with Crippen molar-refractivity contribution < 1.29 is 19.1 Å². The normalized spacial score (nSPS) is 12.0. The molecule has 0 saturated heterocycles. The number of carbonyl (C=O) groups excluding carboxylic acids is 2. The summed E-state index contributed by atoms with van der Waals surface area (Å²) in [4.78, 5) is 25.6. The second kappa shape index (κ2) is 9.50. The van der Waals surface area contributed by atoms with Crippen LogP contribution in [-0.4, -0.2) is 30.0 Å². The number of hydrogen-bond donors (Lipinski definition) is 2. The van der Waals surface area contributed by atoms with Gasteiger partial charge in [-0.3, -0.25) is 10.1 Å². The van der Waals surface area contributed by atoms with Gasteiger partial charge in [-0.2, -0.15) is 0 Å². The van der Waals surface area contributed by atoms with Gasteiger partial charge in [-0.1, -0.05) is 18.2 Å². The van der Waals surface area contributed by atoms with E-state index in [1.807, 2.05) is 37.3 Å². The van der Waals surface area contributed by atoms with E-state index in [0.717, 1.165) is 4.90 Å². The zero-order valence-corrected chi connectivity index (χ0v) is 17.6. The molecule has 0 aromatic heterocycles. The van der Waals surface area contributed by atoms with Crippen LogP contribution in [0.2, 0.25) is 0 Å². The van der Waals surface area contributed by atoms with Crippen LogP contribution in [0.15, 0.2) is 53.4 Å². The van der Waals surface area contributed by atoms with E-state index >= 15 is 0 Å². The Kier molecular flexibility index (Phi) is 7.34. The smallest absolute Gasteiger partial charge is 0.412 e. The lowest BCUT2D eigenvalue weighted by Gasteiger charge is -2.20. The van der Waals surface area contributed by atoms with E-state index in [1.165, 1.54) is 18.9 Å². The summed E-state index contributed by atoms with van der Waals surface area (Å²) < 4.78 is 10.5. The molecule has 2 aromatic rings. The number of methoxy groups -OCH3 is 1. The van der Waals surface area contributed by atoms with Crippen molar-refractivity contribution in [2.24, 2.45) is 0 Å². The van der Waals surface area contributed by atoms with Crippen molar-refractivity contribution in [3.63, 3.8) is 0 Å². The van der Waals surface area contributed by atoms with Gasteiger partial charge in [-0.25, -0.2) is 4.79 Å². The molecule has 0 spiro atoms. The molecule has 0 aliphatic carbocycles. The van der Waals surface area contributed by atoms with Gasteiger partial charge in [0.05, 0.1) is 18.0 Å². The van der Waals surface area contributed by atoms with Gasteiger partial charge in [0.25, 0.3) is 0 Å². The zero-order chi connectivity index (χ0) is 20.7. The predicted octanol–water partition coefficient (Wildman–Crippen LogP) is 5.16. The van der Waals surface area contributed by atoms with Crippen molar-refractivity contribution in [2.75, 3.05) is 17.7 Å². The molecule has 6 nitrogen and oxygen atoms in total. The molecule has 2 rings (SSSR count). The number of carbonyl (C=O) groups is 2. The Hall–Kier alpha value is -2.67. The van der Waals surface area contributed by atoms with Crippen LogP contribution in [0.5, 0.6) is 5.75 Å². The van der Waals surface area contributed by atoms with E-state index < -0.39 is 11.7 Å². The third-order valence-corrected chi connectivity index (χ3v) is 4.64. The van der Waals surface area contributed by atoms with Crippen molar-refractivity contribution in [1.82, 2.24) is 0 Å². The Labute approximate surface area is 170 Å². The van der Waals surface area contributed by atoms with Crippen LogP contribution in [0.3, 0.4) is 0 Å². The SMILES string of the molecule is COc1ccc(NC(=O)C(C)Sc2ccccc2)cc1NC(=O)OC(C)(C)C. The van der Waals surface area contributed by atoms with Gasteiger partial charge in [0, 0.05) is 10.6 Å². The average molecular weight is 403 g/mol. The van der Waals surface area contributed by atoms with Crippen molar-refractivity contribution in [2.45, 2.75) is 43.4 Å². The Bertz CT molecular complexity index is 819. The number of ether oxygens (including phenoxy) is 2. The van der Waals surface area contributed by atoms with E-state index in [4.69, 9.17) is 9.47 Å². The summed E-state index contributed by atoms with van der Waals surface area (Å²) in [5.74, 6) is 0.331. The van der Waals surface area contributed by atoms with E-state index in [2.05, 4.69) is 10.6 Å². The number of amides is 2. The first-order valence-corrected chi connectivity index (χ1v) is 9.76. The second-order valence-corrected chi connectivity index (χ2v) is 8.52. The lowest BCUT2D eigenvalue weighted by atomic mass is 10.2. The van der Waals surface area contributed by atoms with Gasteiger partial charge in [-0.15, -0.1) is 11.8 Å². The Morgan fingerprint density at radius 2 is 1.71 bits per heavy atom. The third kappa shape index (κ3) is 6.81. The Morgan fingerprint density at radius 3 is 2.32 bits per heavy atom. The zero-order valence-electron chi connectivity index (χ0n) is 16.7. The molecule has 2 amide bonds. The quantitative estimate of drug-likeness (QED) is 0.653. The minimum atomic E-state index is -0.618. The highest BCUT2D eigenvalue weighted by Crippen LogP contribution is 2.29. The summed E-state index contributed by atoms with van der Waals surface area (Å²) in [6, 6.07) is 14.8. The number of nitrogens with one attached hydrogen (secondary N) is 2. The van der Waals surface area contributed by atoms with E-state index in [1.54, 1.807) is 39.0 Å². The molecule has 2 aromatic carbocycles. The lowest BCUT2D eigenvalue weighted by Crippen LogP contribution is -2.27. The molecule has 0 radical (unpaired) electrons. The standard InChI is InChI=1S/C21H26N2O4S/c1-14(28-16-9-7-6-8-10-16)19(24)22-15-11-12-18(26-5)17(13-15)23-20(25)27-21(2,3)4/h6-14H,1-5H3,(H,22,24)(H,23,25). The largest absolute Gasteiger partial charge is 0.495 e. The molecule has 0 fully saturated rings. The van der Waals surface area contributed by atoms with Gasteiger partial charge < -0.3 is 14.8 Å². The summed E-state index contributed by atoms with van der Waals surface area (Å²) in [7, 11) is 1.51. The van der Waals surface area contributed by atoms with Crippen molar-refractivity contribution in [3.05, 3.63) is 48.5 Å². The van der Waals surface area contributed by atoms with E-state index in [9.17, 15) is 9.59 Å². The highest BCUT2D eigenvalue weighted by Gasteiger charge is 2.19. The number of benzene rings is 2. The van der Waals surface area contributed by atoms with E-state index in [-0.39, 0.29) is 11.2 Å². The molecule has 7 heteroatoms. The number of rotatable bonds is 6. The summed E-state index contributed by atoms with van der Waals surface area (Å²) >= 11 is 1.47. The first kappa shape index (κ1) is 21.6. The average Bonchev–Trinajstić information content (AvgIpc) is 2.61. The molecular weight excluding hydrogens is 376 g/mol. The molecule has 0 bridgehead atoms. The summed E-state index contributed by atoms with van der Waals surface area (Å²) in [5.41, 5.74) is 0.350. The molecule has 0 heterocycles. The molecule has 1 unspecified atom stereocenters. The highest BCUT2D eigenvalue weighted by molar-refractivity contribution is 8.00. The summed E-state index contributed by atoms with van der Waals surface area (Å²) in [5, 5.41) is 5.24. The van der Waals surface area contributed by atoms with Crippen LogP contribution in [0.1, 0.15) is 27.7 Å². The molecular formula is C21H26N2O4S. The maximum Gasteiger partial charge on any atom is 0.412 e. The molecule has 2 N–H and O–H groups in total. The minimum absolute atomic E-state index is 0.137. The van der Waals surface area contributed by atoms with Gasteiger partial charge in [0.2, 0.25) is 5.91 Å². The van der Waals surface area contributed by atoms with Crippen molar-refractivity contribution in [1.29, 1.82) is 0 Å². The van der Waals surface area contributed by atoms with Gasteiger partial charge in [0.1, 0.15) is 11.4 Å². The maximum atomic E-state index is 12.5. The topological polar surface area (TPSA) is 76.7 Å². The third-order valence-electron chi connectivity index (χ3n) is 3.53. The van der Waals surface area contributed by atoms with E-state index in [0.29, 0.717) is 17.1 Å². The van der Waals surface area contributed by atoms with Crippen LogP contribution < -0.4 is 15.4 Å². The number of hydrogen-bond acceptors (Lipinski definition) is 5. The summed E-state index contributed by atoms with van der Waals surface area (Å²) in [6.45, 7) is 7.20. The number of anilines is 2. The fraction of sp³-hybridized carbons (Fsp3) is 0.333. The van der Waals surface area contributed by atoms with Crippen LogP contribution in [0.25, 0.3) is 0 Å². The van der Waals surface area contributed by atoms with Gasteiger partial charge in [0.15, 0.2) is 0 Å². The molecule has 0 aliphatic heterocycles. The molecule has 1 atom stereocenters. The second-order valence-electron chi connectivity index (χ2n) is 7.10. The highest BCUT2D eigenvalue weighted by atomic mass is 32.2. The number of thioether (sulfide) groups is 1. The van der Waals surface area contributed by atoms with Gasteiger partial charge in [-0.05, 0) is 58.0 Å². The van der Waals surface area contributed by atoms with Crippen LogP contribution in [-0.2, 0) is 9.53 Å². The van der Waals surface area contributed by atoms with Gasteiger partial charge >= 0.3 is 6.09 Å².